The summed E-state index contributed by atoms with van der Waals surface area (Å²) in [4.78, 5) is 10.6. The molecule has 0 saturated heterocycles. The molecular weight excluding hydrogens is 299 g/mol. The number of methoxy groups -OCH3 is 2. The minimum atomic E-state index is -1.98. The minimum Gasteiger partial charge on any atom is -0.493 e. The molecular formula is C10H10BrFO5. The van der Waals surface area contributed by atoms with E-state index in [1.807, 2.05) is 0 Å². The molecule has 0 aliphatic carbocycles. The van der Waals surface area contributed by atoms with E-state index < -0.39 is 23.5 Å². The summed E-state index contributed by atoms with van der Waals surface area (Å²) in [5.74, 6) is -2.70. The molecule has 0 heterocycles. The molecule has 17 heavy (non-hydrogen) atoms. The first-order valence-corrected chi connectivity index (χ1v) is 5.24. The zero-order valence-corrected chi connectivity index (χ0v) is 10.6. The number of carbonyl (C=O) groups is 1. The molecule has 1 aromatic carbocycles. The zero-order valence-electron chi connectivity index (χ0n) is 9.03. The van der Waals surface area contributed by atoms with Crippen LogP contribution in [0.15, 0.2) is 10.5 Å². The first-order chi connectivity index (χ1) is 7.93. The molecule has 5 nitrogen and oxygen atoms in total. The van der Waals surface area contributed by atoms with Gasteiger partial charge >= 0.3 is 5.97 Å². The quantitative estimate of drug-likeness (QED) is 0.886. The van der Waals surface area contributed by atoms with Crippen molar-refractivity contribution in [1.29, 1.82) is 0 Å². The van der Waals surface area contributed by atoms with Crippen LogP contribution in [-0.2, 0) is 4.79 Å². The maximum absolute atomic E-state index is 13.9. The van der Waals surface area contributed by atoms with Gasteiger partial charge in [0.15, 0.2) is 23.4 Å². The molecule has 1 atom stereocenters. The third-order valence-electron chi connectivity index (χ3n) is 2.11. The van der Waals surface area contributed by atoms with E-state index in [9.17, 15) is 14.3 Å². The van der Waals surface area contributed by atoms with Crippen molar-refractivity contribution in [3.63, 3.8) is 0 Å². The smallest absolute Gasteiger partial charge is 0.337 e. The van der Waals surface area contributed by atoms with Gasteiger partial charge in [-0.05, 0) is 6.07 Å². The van der Waals surface area contributed by atoms with E-state index in [4.69, 9.17) is 14.6 Å². The Hall–Kier alpha value is -1.34. The zero-order chi connectivity index (χ0) is 13.2. The second kappa shape index (κ2) is 5.33. The van der Waals surface area contributed by atoms with Gasteiger partial charge < -0.3 is 19.7 Å². The Morgan fingerprint density at radius 3 is 2.47 bits per heavy atom. The van der Waals surface area contributed by atoms with Crippen molar-refractivity contribution in [3.05, 3.63) is 21.9 Å². The molecule has 2 N–H and O–H groups in total. The van der Waals surface area contributed by atoms with Crippen LogP contribution in [0.25, 0.3) is 0 Å². The number of hydrogen-bond donors (Lipinski definition) is 2. The summed E-state index contributed by atoms with van der Waals surface area (Å²) >= 11 is 2.97. The van der Waals surface area contributed by atoms with Gasteiger partial charge in [-0.3, -0.25) is 0 Å². The Bertz CT molecular complexity index is 449. The van der Waals surface area contributed by atoms with Crippen LogP contribution in [0.4, 0.5) is 4.39 Å². The number of benzene rings is 1. The van der Waals surface area contributed by atoms with Gasteiger partial charge in [0.25, 0.3) is 0 Å². The lowest BCUT2D eigenvalue weighted by Gasteiger charge is -2.15. The van der Waals surface area contributed by atoms with E-state index in [-0.39, 0.29) is 16.0 Å². The van der Waals surface area contributed by atoms with Gasteiger partial charge in [0, 0.05) is 10.0 Å². The number of ether oxygens (including phenoxy) is 2. The summed E-state index contributed by atoms with van der Waals surface area (Å²) in [5.41, 5.74) is -0.407. The molecule has 0 radical (unpaired) electrons. The summed E-state index contributed by atoms with van der Waals surface area (Å²) in [6.45, 7) is 0. The van der Waals surface area contributed by atoms with Gasteiger partial charge in [-0.25, -0.2) is 9.18 Å². The summed E-state index contributed by atoms with van der Waals surface area (Å²) < 4.78 is 23.7. The first-order valence-electron chi connectivity index (χ1n) is 4.44. The van der Waals surface area contributed by atoms with Crippen LogP contribution in [0.3, 0.4) is 0 Å². The maximum Gasteiger partial charge on any atom is 0.337 e. The predicted molar refractivity (Wildman–Crippen MR) is 59.8 cm³/mol. The summed E-state index contributed by atoms with van der Waals surface area (Å²) in [6, 6.07) is 1.32. The largest absolute Gasteiger partial charge is 0.493 e. The molecule has 0 aliphatic heterocycles. The number of carboxylic acids is 1. The van der Waals surface area contributed by atoms with Gasteiger partial charge in [-0.2, -0.15) is 0 Å². The number of halogens is 2. The maximum atomic E-state index is 13.9. The lowest BCUT2D eigenvalue weighted by Crippen LogP contribution is -2.14. The van der Waals surface area contributed by atoms with Crippen molar-refractivity contribution < 1.29 is 28.9 Å². The third kappa shape index (κ3) is 2.50. The van der Waals surface area contributed by atoms with Crippen LogP contribution >= 0.6 is 15.9 Å². The van der Waals surface area contributed by atoms with Gasteiger partial charge in [-0.15, -0.1) is 0 Å². The molecule has 0 aliphatic rings. The van der Waals surface area contributed by atoms with Crippen molar-refractivity contribution in [2.24, 2.45) is 0 Å². The number of rotatable bonds is 4. The van der Waals surface area contributed by atoms with Crippen molar-refractivity contribution in [2.45, 2.75) is 6.10 Å². The Morgan fingerprint density at radius 1 is 1.47 bits per heavy atom. The van der Waals surface area contributed by atoms with E-state index in [0.29, 0.717) is 0 Å². The molecule has 1 aromatic rings. The van der Waals surface area contributed by atoms with Crippen LogP contribution in [0.1, 0.15) is 11.7 Å². The normalized spacial score (nSPS) is 12.1. The highest BCUT2D eigenvalue weighted by molar-refractivity contribution is 9.10. The third-order valence-corrected chi connectivity index (χ3v) is 2.76. The Balaban J connectivity index is 3.47. The average molecular weight is 309 g/mol. The number of carboxylic acid groups (broad SMARTS) is 1. The predicted octanol–water partition coefficient (Wildman–Crippen LogP) is 1.72. The van der Waals surface area contributed by atoms with Gasteiger partial charge in [0.05, 0.1) is 14.2 Å². The lowest BCUT2D eigenvalue weighted by molar-refractivity contribution is -0.147. The second-order valence-electron chi connectivity index (χ2n) is 3.06. The van der Waals surface area contributed by atoms with Gasteiger partial charge in [0.1, 0.15) is 0 Å². The topological polar surface area (TPSA) is 76.0 Å². The van der Waals surface area contributed by atoms with Crippen molar-refractivity contribution in [3.8, 4) is 11.5 Å². The molecule has 0 saturated carbocycles. The van der Waals surface area contributed by atoms with Crippen LogP contribution < -0.4 is 9.47 Å². The van der Waals surface area contributed by atoms with Crippen molar-refractivity contribution in [1.82, 2.24) is 0 Å². The summed E-state index contributed by atoms with van der Waals surface area (Å²) in [6.07, 6.45) is -1.98. The van der Waals surface area contributed by atoms with E-state index in [0.717, 1.165) is 0 Å². The molecule has 0 amide bonds. The van der Waals surface area contributed by atoms with Crippen LogP contribution in [-0.4, -0.2) is 30.4 Å². The molecule has 0 aromatic heterocycles. The minimum absolute atomic E-state index is 0.0857. The number of hydrogen-bond acceptors (Lipinski definition) is 4. The van der Waals surface area contributed by atoms with Gasteiger partial charge in [-0.1, -0.05) is 15.9 Å². The summed E-state index contributed by atoms with van der Waals surface area (Å²) in [7, 11) is 2.53. The SMILES string of the molecule is COc1cc(Br)c(C(O)C(=O)O)c(F)c1OC. The monoisotopic (exact) mass is 308 g/mol. The Morgan fingerprint density at radius 2 is 2.06 bits per heavy atom. The highest BCUT2D eigenvalue weighted by Crippen LogP contribution is 2.39. The number of aliphatic hydroxyl groups is 1. The van der Waals surface area contributed by atoms with Crippen LogP contribution in [0.5, 0.6) is 11.5 Å². The van der Waals surface area contributed by atoms with E-state index >= 15 is 0 Å². The fraction of sp³-hybridized carbons (Fsp3) is 0.300. The van der Waals surface area contributed by atoms with Crippen LogP contribution in [0.2, 0.25) is 0 Å². The van der Waals surface area contributed by atoms with E-state index in [1.165, 1.54) is 20.3 Å². The average Bonchev–Trinajstić information content (AvgIpc) is 2.27. The molecule has 94 valence electrons. The highest BCUT2D eigenvalue weighted by atomic mass is 79.9. The molecule has 0 spiro atoms. The highest BCUT2D eigenvalue weighted by Gasteiger charge is 2.27. The molecule has 0 fully saturated rings. The van der Waals surface area contributed by atoms with Gasteiger partial charge in [0.2, 0.25) is 0 Å². The first kappa shape index (κ1) is 13.7. The van der Waals surface area contributed by atoms with Crippen LogP contribution in [0, 0.1) is 5.82 Å². The Kier molecular flexibility index (Phi) is 4.30. The van der Waals surface area contributed by atoms with E-state index in [2.05, 4.69) is 15.9 Å². The second-order valence-corrected chi connectivity index (χ2v) is 3.92. The van der Waals surface area contributed by atoms with E-state index in [1.54, 1.807) is 0 Å². The molecule has 1 unspecified atom stereocenters. The standard InChI is InChI=1S/C10H10BrFO5/c1-16-5-3-4(11)6(8(13)10(14)15)7(12)9(5)17-2/h3,8,13H,1-2H3,(H,14,15). The molecule has 1 rings (SSSR count). The fourth-order valence-corrected chi connectivity index (χ4v) is 1.91. The number of aliphatic carboxylic acids is 1. The fourth-order valence-electron chi connectivity index (χ4n) is 1.31. The molecule has 7 heteroatoms. The van der Waals surface area contributed by atoms with Crippen molar-refractivity contribution >= 4 is 21.9 Å². The van der Waals surface area contributed by atoms with Crippen molar-refractivity contribution in [2.75, 3.05) is 14.2 Å². The molecule has 0 bridgehead atoms. The summed E-state index contributed by atoms with van der Waals surface area (Å²) in [5, 5.41) is 18.0. The number of aliphatic hydroxyl groups excluding tert-OH is 1. The lowest BCUT2D eigenvalue weighted by atomic mass is 10.1. The Labute approximate surface area is 105 Å².